The third-order valence-corrected chi connectivity index (χ3v) is 3.09. The summed E-state index contributed by atoms with van der Waals surface area (Å²) in [6.07, 6.45) is 0. The summed E-state index contributed by atoms with van der Waals surface area (Å²) in [5.74, 6) is 0.288. The van der Waals surface area contributed by atoms with E-state index < -0.39 is 10.0 Å². The standard InChI is InChI=1S/C8H10BrNO3S/c1-5-3-6(9)4-7(8(5)13-2)14(10,11)12/h3-4H,1-2H3,(H2,10,11,12). The lowest BCUT2D eigenvalue weighted by molar-refractivity contribution is 0.399. The number of nitrogens with two attached hydrogens (primary N) is 1. The molecule has 0 aliphatic heterocycles. The Morgan fingerprint density at radius 1 is 1.43 bits per heavy atom. The number of rotatable bonds is 2. The highest BCUT2D eigenvalue weighted by Gasteiger charge is 2.17. The summed E-state index contributed by atoms with van der Waals surface area (Å²) in [6, 6.07) is 3.18. The first-order valence-corrected chi connectivity index (χ1v) is 6.07. The van der Waals surface area contributed by atoms with Crippen LogP contribution in [0.4, 0.5) is 0 Å². The van der Waals surface area contributed by atoms with Crippen molar-refractivity contribution < 1.29 is 13.2 Å². The molecule has 0 aliphatic rings. The van der Waals surface area contributed by atoms with Crippen LogP contribution in [0, 0.1) is 6.92 Å². The van der Waals surface area contributed by atoms with Crippen LogP contribution in [0.15, 0.2) is 21.5 Å². The molecule has 0 spiro atoms. The summed E-state index contributed by atoms with van der Waals surface area (Å²) >= 11 is 3.19. The Bertz CT molecular complexity index is 456. The number of methoxy groups -OCH3 is 1. The monoisotopic (exact) mass is 279 g/mol. The molecule has 0 aliphatic carbocycles. The highest BCUT2D eigenvalue weighted by atomic mass is 79.9. The quantitative estimate of drug-likeness (QED) is 0.890. The third kappa shape index (κ3) is 2.26. The van der Waals surface area contributed by atoms with Gasteiger partial charge in [0.2, 0.25) is 10.0 Å². The van der Waals surface area contributed by atoms with Crippen LogP contribution in [0.2, 0.25) is 0 Å². The van der Waals surface area contributed by atoms with E-state index in [4.69, 9.17) is 9.88 Å². The first-order valence-electron chi connectivity index (χ1n) is 3.73. The predicted molar refractivity (Wildman–Crippen MR) is 56.8 cm³/mol. The molecular formula is C8H10BrNO3S. The molecule has 0 unspecified atom stereocenters. The van der Waals surface area contributed by atoms with Gasteiger partial charge in [0.25, 0.3) is 0 Å². The van der Waals surface area contributed by atoms with E-state index in [1.807, 2.05) is 0 Å². The molecule has 0 bridgehead atoms. The number of halogens is 1. The molecule has 0 radical (unpaired) electrons. The van der Waals surface area contributed by atoms with Crippen molar-refractivity contribution in [1.82, 2.24) is 0 Å². The van der Waals surface area contributed by atoms with Gasteiger partial charge in [-0.1, -0.05) is 15.9 Å². The van der Waals surface area contributed by atoms with Crippen LogP contribution < -0.4 is 9.88 Å². The molecule has 6 heteroatoms. The minimum atomic E-state index is -3.75. The maximum atomic E-state index is 11.2. The fraction of sp³-hybridized carbons (Fsp3) is 0.250. The highest BCUT2D eigenvalue weighted by molar-refractivity contribution is 9.10. The average molecular weight is 280 g/mol. The Morgan fingerprint density at radius 2 is 2.00 bits per heavy atom. The van der Waals surface area contributed by atoms with Gasteiger partial charge >= 0.3 is 0 Å². The molecule has 0 saturated carbocycles. The van der Waals surface area contributed by atoms with Crippen molar-refractivity contribution in [2.75, 3.05) is 7.11 Å². The van der Waals surface area contributed by atoms with E-state index in [1.165, 1.54) is 13.2 Å². The van der Waals surface area contributed by atoms with Gasteiger partial charge in [-0.3, -0.25) is 0 Å². The van der Waals surface area contributed by atoms with E-state index >= 15 is 0 Å². The Balaban J connectivity index is 3.56. The second-order valence-electron chi connectivity index (χ2n) is 2.80. The fourth-order valence-electron chi connectivity index (χ4n) is 1.17. The normalized spacial score (nSPS) is 11.4. The first-order chi connectivity index (χ1) is 6.36. The summed E-state index contributed by atoms with van der Waals surface area (Å²) in [7, 11) is -2.34. The molecule has 1 aromatic carbocycles. The van der Waals surface area contributed by atoms with Gasteiger partial charge < -0.3 is 4.74 Å². The predicted octanol–water partition coefficient (Wildman–Crippen LogP) is 1.41. The summed E-state index contributed by atoms with van der Waals surface area (Å²) in [5, 5.41) is 5.04. The molecule has 0 saturated heterocycles. The summed E-state index contributed by atoms with van der Waals surface area (Å²) in [5.41, 5.74) is 0.714. The van der Waals surface area contributed by atoms with Crippen molar-refractivity contribution in [2.45, 2.75) is 11.8 Å². The van der Waals surface area contributed by atoms with Crippen molar-refractivity contribution in [3.63, 3.8) is 0 Å². The van der Waals surface area contributed by atoms with Crippen LogP contribution in [0.5, 0.6) is 5.75 Å². The number of sulfonamides is 1. The van der Waals surface area contributed by atoms with Gasteiger partial charge in [0.15, 0.2) is 0 Å². The molecule has 0 amide bonds. The zero-order valence-electron chi connectivity index (χ0n) is 7.74. The summed E-state index contributed by atoms with van der Waals surface area (Å²) in [6.45, 7) is 1.75. The lowest BCUT2D eigenvalue weighted by atomic mass is 10.2. The molecule has 2 N–H and O–H groups in total. The number of primary sulfonamides is 1. The molecule has 0 aromatic heterocycles. The number of hydrogen-bond acceptors (Lipinski definition) is 3. The molecule has 4 nitrogen and oxygen atoms in total. The van der Waals surface area contributed by atoms with Gasteiger partial charge in [0.1, 0.15) is 10.6 Å². The highest BCUT2D eigenvalue weighted by Crippen LogP contribution is 2.30. The minimum Gasteiger partial charge on any atom is -0.495 e. The van der Waals surface area contributed by atoms with E-state index in [2.05, 4.69) is 15.9 Å². The average Bonchev–Trinajstić information content (AvgIpc) is 2.01. The van der Waals surface area contributed by atoms with Crippen LogP contribution in [-0.4, -0.2) is 15.5 Å². The van der Waals surface area contributed by atoms with Gasteiger partial charge in [-0.25, -0.2) is 13.6 Å². The van der Waals surface area contributed by atoms with Crippen LogP contribution in [0.1, 0.15) is 5.56 Å². The van der Waals surface area contributed by atoms with Gasteiger partial charge in [0.05, 0.1) is 7.11 Å². The number of aryl methyl sites for hydroxylation is 1. The van der Waals surface area contributed by atoms with Crippen LogP contribution in [0.25, 0.3) is 0 Å². The lowest BCUT2D eigenvalue weighted by Gasteiger charge is -2.10. The Kier molecular flexibility index (Phi) is 3.18. The first kappa shape index (κ1) is 11.5. The zero-order valence-corrected chi connectivity index (χ0v) is 10.1. The second kappa shape index (κ2) is 3.88. The van der Waals surface area contributed by atoms with Crippen molar-refractivity contribution in [2.24, 2.45) is 5.14 Å². The fourth-order valence-corrected chi connectivity index (χ4v) is 2.69. The Morgan fingerprint density at radius 3 is 2.43 bits per heavy atom. The zero-order chi connectivity index (χ0) is 10.9. The van der Waals surface area contributed by atoms with Gasteiger partial charge in [-0.15, -0.1) is 0 Å². The maximum Gasteiger partial charge on any atom is 0.241 e. The number of hydrogen-bond donors (Lipinski definition) is 1. The lowest BCUT2D eigenvalue weighted by Crippen LogP contribution is -2.14. The molecule has 0 heterocycles. The largest absolute Gasteiger partial charge is 0.495 e. The molecule has 0 fully saturated rings. The summed E-state index contributed by atoms with van der Waals surface area (Å²) in [4.78, 5) is -0.00752. The third-order valence-electron chi connectivity index (χ3n) is 1.72. The van der Waals surface area contributed by atoms with E-state index in [0.717, 1.165) is 0 Å². The van der Waals surface area contributed by atoms with Gasteiger partial charge in [0, 0.05) is 4.47 Å². The Hall–Kier alpha value is -0.590. The van der Waals surface area contributed by atoms with Crippen LogP contribution >= 0.6 is 15.9 Å². The second-order valence-corrected chi connectivity index (χ2v) is 5.24. The molecule has 14 heavy (non-hydrogen) atoms. The minimum absolute atomic E-state index is 0.00752. The SMILES string of the molecule is COc1c(C)cc(Br)cc1S(N)(=O)=O. The van der Waals surface area contributed by atoms with Crippen LogP contribution in [0.3, 0.4) is 0 Å². The van der Waals surface area contributed by atoms with Gasteiger partial charge in [-0.05, 0) is 24.6 Å². The smallest absolute Gasteiger partial charge is 0.241 e. The summed E-state index contributed by atoms with van der Waals surface area (Å²) < 4.78 is 28.0. The topological polar surface area (TPSA) is 69.4 Å². The van der Waals surface area contributed by atoms with Crippen LogP contribution in [-0.2, 0) is 10.0 Å². The van der Waals surface area contributed by atoms with Crippen molar-refractivity contribution >= 4 is 26.0 Å². The van der Waals surface area contributed by atoms with Gasteiger partial charge in [-0.2, -0.15) is 0 Å². The number of ether oxygens (including phenoxy) is 1. The van der Waals surface area contributed by atoms with Crippen molar-refractivity contribution in [3.8, 4) is 5.75 Å². The molecule has 1 rings (SSSR count). The maximum absolute atomic E-state index is 11.2. The van der Waals surface area contributed by atoms with E-state index in [9.17, 15) is 8.42 Å². The number of benzene rings is 1. The van der Waals surface area contributed by atoms with E-state index in [1.54, 1.807) is 13.0 Å². The van der Waals surface area contributed by atoms with Crippen molar-refractivity contribution in [3.05, 3.63) is 22.2 Å². The van der Waals surface area contributed by atoms with E-state index in [-0.39, 0.29) is 10.6 Å². The van der Waals surface area contributed by atoms with Crippen molar-refractivity contribution in [1.29, 1.82) is 0 Å². The molecular weight excluding hydrogens is 270 g/mol. The Labute approximate surface area is 91.2 Å². The van der Waals surface area contributed by atoms with E-state index in [0.29, 0.717) is 10.0 Å². The molecule has 0 atom stereocenters. The molecule has 1 aromatic rings. The molecule has 78 valence electrons.